The third-order valence-electron chi connectivity index (χ3n) is 3.98. The third kappa shape index (κ3) is 5.10. The summed E-state index contributed by atoms with van der Waals surface area (Å²) in [4.78, 5) is 4.45. The molecule has 0 spiro atoms. The van der Waals surface area contributed by atoms with Gasteiger partial charge >= 0.3 is 0 Å². The van der Waals surface area contributed by atoms with Crippen LogP contribution < -0.4 is 10.6 Å². The van der Waals surface area contributed by atoms with Gasteiger partial charge in [-0.05, 0) is 36.6 Å². The predicted octanol–water partition coefficient (Wildman–Crippen LogP) is 3.37. The molecule has 22 heavy (non-hydrogen) atoms. The lowest BCUT2D eigenvalue weighted by Crippen LogP contribution is -2.27. The van der Waals surface area contributed by atoms with Crippen LogP contribution in [0.2, 0.25) is 0 Å². The summed E-state index contributed by atoms with van der Waals surface area (Å²) in [7, 11) is 0. The number of anilines is 1. The van der Waals surface area contributed by atoms with Crippen molar-refractivity contribution in [1.82, 2.24) is 5.32 Å². The van der Waals surface area contributed by atoms with Crippen molar-refractivity contribution < 1.29 is 0 Å². The first kappa shape index (κ1) is 15.9. The standard InChI is InChI=1S/C17H21N5/c18-12-15-6-8-16(9-7-15)22-17(21-13-19)20-11-10-14-4-2-1-3-5-14/h6-9,14H,1-5,10-11H2,(H2,20,21,22). The summed E-state index contributed by atoms with van der Waals surface area (Å²) < 4.78 is 0. The lowest BCUT2D eigenvalue weighted by atomic mass is 9.87. The predicted molar refractivity (Wildman–Crippen MR) is 87.0 cm³/mol. The van der Waals surface area contributed by atoms with Crippen LogP contribution in [0.25, 0.3) is 0 Å². The van der Waals surface area contributed by atoms with Crippen LogP contribution in [-0.4, -0.2) is 12.5 Å². The number of rotatable bonds is 4. The Morgan fingerprint density at radius 2 is 1.86 bits per heavy atom. The van der Waals surface area contributed by atoms with E-state index in [9.17, 15) is 0 Å². The molecule has 1 fully saturated rings. The van der Waals surface area contributed by atoms with E-state index in [2.05, 4.69) is 21.7 Å². The molecule has 114 valence electrons. The molecule has 1 aromatic carbocycles. The summed E-state index contributed by atoms with van der Waals surface area (Å²) in [5, 5.41) is 23.3. The molecule has 5 heteroatoms. The Hall–Kier alpha value is -2.53. The van der Waals surface area contributed by atoms with Crippen molar-refractivity contribution in [1.29, 1.82) is 10.5 Å². The minimum absolute atomic E-state index is 0.461. The van der Waals surface area contributed by atoms with E-state index in [0.717, 1.165) is 24.6 Å². The van der Waals surface area contributed by atoms with Crippen LogP contribution in [0.5, 0.6) is 0 Å². The molecule has 0 aromatic heterocycles. The van der Waals surface area contributed by atoms with E-state index in [4.69, 9.17) is 10.5 Å². The molecule has 2 rings (SSSR count). The Morgan fingerprint density at radius 3 is 2.50 bits per heavy atom. The largest absolute Gasteiger partial charge is 0.326 e. The van der Waals surface area contributed by atoms with Gasteiger partial charge in [-0.25, -0.2) is 0 Å². The average Bonchev–Trinajstić information content (AvgIpc) is 2.57. The lowest BCUT2D eigenvalue weighted by Gasteiger charge is -2.20. The number of nitrogens with one attached hydrogen (secondary N) is 2. The highest BCUT2D eigenvalue weighted by atomic mass is 15.2. The topological polar surface area (TPSA) is 84.0 Å². The number of benzene rings is 1. The van der Waals surface area contributed by atoms with E-state index in [1.165, 1.54) is 32.1 Å². The molecule has 1 aromatic rings. The third-order valence-corrected chi connectivity index (χ3v) is 3.98. The van der Waals surface area contributed by atoms with Crippen LogP contribution >= 0.6 is 0 Å². The van der Waals surface area contributed by atoms with E-state index in [1.54, 1.807) is 24.3 Å². The maximum atomic E-state index is 8.82. The molecule has 0 amide bonds. The molecule has 5 nitrogen and oxygen atoms in total. The average molecular weight is 295 g/mol. The monoisotopic (exact) mass is 295 g/mol. The van der Waals surface area contributed by atoms with Crippen molar-refractivity contribution in [2.24, 2.45) is 10.9 Å². The molecule has 1 aliphatic rings. The van der Waals surface area contributed by atoms with Gasteiger partial charge in [0.15, 0.2) is 6.19 Å². The van der Waals surface area contributed by atoms with Crippen molar-refractivity contribution in [3.05, 3.63) is 29.8 Å². The quantitative estimate of drug-likeness (QED) is 0.386. The van der Waals surface area contributed by atoms with Crippen LogP contribution in [0.1, 0.15) is 44.1 Å². The molecule has 1 saturated carbocycles. The van der Waals surface area contributed by atoms with Gasteiger partial charge in [0.05, 0.1) is 11.6 Å². The maximum Gasteiger partial charge on any atom is 0.209 e. The van der Waals surface area contributed by atoms with E-state index >= 15 is 0 Å². The van der Waals surface area contributed by atoms with E-state index in [-0.39, 0.29) is 0 Å². The molecule has 1 aliphatic carbocycles. The molecule has 0 unspecified atom stereocenters. The van der Waals surface area contributed by atoms with Crippen LogP contribution in [0, 0.1) is 28.7 Å². The fourth-order valence-electron chi connectivity index (χ4n) is 2.76. The second kappa shape index (κ2) is 8.69. The first-order valence-electron chi connectivity index (χ1n) is 7.78. The van der Waals surface area contributed by atoms with Crippen molar-refractivity contribution in [3.63, 3.8) is 0 Å². The number of nitrogens with zero attached hydrogens (tertiary/aromatic N) is 3. The maximum absolute atomic E-state index is 8.82. The molecule has 0 aliphatic heterocycles. The summed E-state index contributed by atoms with van der Waals surface area (Å²) in [6, 6.07) is 9.14. The van der Waals surface area contributed by atoms with Gasteiger partial charge in [0, 0.05) is 12.2 Å². The second-order valence-corrected chi connectivity index (χ2v) is 5.57. The van der Waals surface area contributed by atoms with Gasteiger partial charge in [-0.15, -0.1) is 0 Å². The molecule has 0 atom stereocenters. The van der Waals surface area contributed by atoms with Crippen LogP contribution in [0.4, 0.5) is 5.69 Å². The van der Waals surface area contributed by atoms with Crippen molar-refractivity contribution in [2.45, 2.75) is 38.5 Å². The van der Waals surface area contributed by atoms with E-state index in [1.807, 2.05) is 6.19 Å². The minimum atomic E-state index is 0.461. The highest BCUT2D eigenvalue weighted by molar-refractivity contribution is 5.94. The van der Waals surface area contributed by atoms with Gasteiger partial charge in [-0.3, -0.25) is 10.3 Å². The first-order valence-corrected chi connectivity index (χ1v) is 7.78. The number of guanidine groups is 1. The molecule has 0 heterocycles. The van der Waals surface area contributed by atoms with Gasteiger partial charge < -0.3 is 5.32 Å². The summed E-state index contributed by atoms with van der Waals surface area (Å²) in [6.45, 7) is 0.720. The Kier molecular flexibility index (Phi) is 6.26. The molecule has 2 N–H and O–H groups in total. The first-order chi connectivity index (χ1) is 10.8. The SMILES string of the molecule is N#CNC(=NCCC1CCCCC1)Nc1ccc(C#N)cc1. The summed E-state index contributed by atoms with van der Waals surface area (Å²) in [6.07, 6.45) is 9.62. The number of hydrogen-bond acceptors (Lipinski definition) is 3. The molecular formula is C17H21N5. The zero-order chi connectivity index (χ0) is 15.6. The van der Waals surface area contributed by atoms with Crippen molar-refractivity contribution in [3.8, 4) is 12.3 Å². The fourth-order valence-corrected chi connectivity index (χ4v) is 2.76. The Balaban J connectivity index is 1.88. The Labute approximate surface area is 131 Å². The second-order valence-electron chi connectivity index (χ2n) is 5.57. The summed E-state index contributed by atoms with van der Waals surface area (Å²) in [5.41, 5.74) is 1.41. The molecule has 0 radical (unpaired) electrons. The van der Waals surface area contributed by atoms with E-state index in [0.29, 0.717) is 11.5 Å². The van der Waals surface area contributed by atoms with Crippen molar-refractivity contribution in [2.75, 3.05) is 11.9 Å². The van der Waals surface area contributed by atoms with Gasteiger partial charge in [0.25, 0.3) is 0 Å². The van der Waals surface area contributed by atoms with Gasteiger partial charge in [0.1, 0.15) is 0 Å². The lowest BCUT2D eigenvalue weighted by molar-refractivity contribution is 0.343. The number of aliphatic imine (C=N–C) groups is 1. The Bertz CT molecular complexity index is 571. The zero-order valence-electron chi connectivity index (χ0n) is 12.7. The van der Waals surface area contributed by atoms with Gasteiger partial charge in [-0.2, -0.15) is 10.5 Å². The van der Waals surface area contributed by atoms with Gasteiger partial charge in [0.2, 0.25) is 5.96 Å². The Morgan fingerprint density at radius 1 is 1.14 bits per heavy atom. The van der Waals surface area contributed by atoms with Crippen LogP contribution in [0.3, 0.4) is 0 Å². The minimum Gasteiger partial charge on any atom is -0.326 e. The normalized spacial score (nSPS) is 15.6. The van der Waals surface area contributed by atoms with Crippen LogP contribution in [0.15, 0.2) is 29.3 Å². The molecule has 0 bridgehead atoms. The van der Waals surface area contributed by atoms with Crippen molar-refractivity contribution >= 4 is 11.6 Å². The van der Waals surface area contributed by atoms with Crippen LogP contribution in [-0.2, 0) is 0 Å². The highest BCUT2D eigenvalue weighted by Crippen LogP contribution is 2.26. The fraction of sp³-hybridized carbons (Fsp3) is 0.471. The summed E-state index contributed by atoms with van der Waals surface area (Å²) in [5.74, 6) is 1.23. The zero-order valence-corrected chi connectivity index (χ0v) is 12.7. The smallest absolute Gasteiger partial charge is 0.209 e. The number of hydrogen-bond donors (Lipinski definition) is 2. The molecular weight excluding hydrogens is 274 g/mol. The summed E-state index contributed by atoms with van der Waals surface area (Å²) >= 11 is 0. The molecule has 0 saturated heterocycles. The highest BCUT2D eigenvalue weighted by Gasteiger charge is 2.12. The van der Waals surface area contributed by atoms with E-state index < -0.39 is 0 Å². The van der Waals surface area contributed by atoms with Gasteiger partial charge in [-0.1, -0.05) is 32.1 Å². The number of nitriles is 2.